The molecule has 0 aliphatic carbocycles. The molecule has 2 rings (SSSR count). The number of nitrogens with one attached hydrogen (secondary N) is 1. The number of nitrogens with zero attached hydrogens (tertiary/aromatic N) is 1. The second-order valence-electron chi connectivity index (χ2n) is 5.89. The van der Waals surface area contributed by atoms with Gasteiger partial charge in [-0.1, -0.05) is 24.3 Å². The van der Waals surface area contributed by atoms with Crippen molar-refractivity contribution >= 4 is 23.6 Å². The lowest BCUT2D eigenvalue weighted by molar-refractivity contribution is -0.111. The summed E-state index contributed by atoms with van der Waals surface area (Å²) < 4.78 is 0. The van der Waals surface area contributed by atoms with E-state index in [1.807, 2.05) is 44.2 Å². The predicted octanol–water partition coefficient (Wildman–Crippen LogP) is 3.66. The van der Waals surface area contributed by atoms with Gasteiger partial charge in [-0.2, -0.15) is 0 Å². The number of rotatable bonds is 4. The highest BCUT2D eigenvalue weighted by Gasteiger charge is 2.07. The average molecular weight is 322 g/mol. The molecule has 24 heavy (non-hydrogen) atoms. The first-order chi connectivity index (χ1) is 11.4. The van der Waals surface area contributed by atoms with Gasteiger partial charge in [0.15, 0.2) is 0 Å². The van der Waals surface area contributed by atoms with Crippen molar-refractivity contribution in [2.75, 3.05) is 19.4 Å². The average Bonchev–Trinajstić information content (AvgIpc) is 2.57. The number of amides is 2. The Morgan fingerprint density at radius 3 is 2.29 bits per heavy atom. The molecule has 1 N–H and O–H groups in total. The number of anilines is 1. The van der Waals surface area contributed by atoms with Gasteiger partial charge in [-0.3, -0.25) is 9.59 Å². The third-order valence-corrected chi connectivity index (χ3v) is 3.85. The Bertz CT molecular complexity index is 775. The van der Waals surface area contributed by atoms with Crippen molar-refractivity contribution in [3.05, 3.63) is 70.8 Å². The van der Waals surface area contributed by atoms with E-state index in [1.165, 1.54) is 11.0 Å². The van der Waals surface area contributed by atoms with Gasteiger partial charge in [0.05, 0.1) is 0 Å². The number of hydrogen-bond donors (Lipinski definition) is 1. The molecule has 4 nitrogen and oxygen atoms in total. The zero-order valence-electron chi connectivity index (χ0n) is 14.5. The van der Waals surface area contributed by atoms with E-state index in [0.717, 1.165) is 22.4 Å². The minimum atomic E-state index is -0.183. The second-order valence-corrected chi connectivity index (χ2v) is 5.89. The lowest BCUT2D eigenvalue weighted by Crippen LogP contribution is -2.21. The molecule has 4 heteroatoms. The summed E-state index contributed by atoms with van der Waals surface area (Å²) in [5, 5.41) is 2.88. The van der Waals surface area contributed by atoms with Crippen LogP contribution in [0, 0.1) is 13.8 Å². The topological polar surface area (TPSA) is 49.4 Å². The maximum absolute atomic E-state index is 12.1. The number of hydrogen-bond acceptors (Lipinski definition) is 2. The Kier molecular flexibility index (Phi) is 5.53. The molecular weight excluding hydrogens is 300 g/mol. The molecule has 0 spiro atoms. The van der Waals surface area contributed by atoms with Crippen molar-refractivity contribution in [1.29, 1.82) is 0 Å². The largest absolute Gasteiger partial charge is 0.345 e. The molecule has 124 valence electrons. The molecule has 0 saturated carbocycles. The Morgan fingerprint density at radius 1 is 1.00 bits per heavy atom. The van der Waals surface area contributed by atoms with E-state index in [9.17, 15) is 9.59 Å². The van der Waals surface area contributed by atoms with Gasteiger partial charge < -0.3 is 10.2 Å². The third-order valence-electron chi connectivity index (χ3n) is 3.85. The van der Waals surface area contributed by atoms with E-state index in [-0.39, 0.29) is 11.8 Å². The van der Waals surface area contributed by atoms with Crippen molar-refractivity contribution in [2.24, 2.45) is 0 Å². The summed E-state index contributed by atoms with van der Waals surface area (Å²) in [4.78, 5) is 25.4. The van der Waals surface area contributed by atoms with Gasteiger partial charge in [0, 0.05) is 31.4 Å². The fraction of sp³-hybridized carbons (Fsp3) is 0.200. The van der Waals surface area contributed by atoms with E-state index in [2.05, 4.69) is 5.32 Å². The Morgan fingerprint density at radius 2 is 1.67 bits per heavy atom. The first-order valence-corrected chi connectivity index (χ1v) is 7.75. The maximum Gasteiger partial charge on any atom is 0.253 e. The van der Waals surface area contributed by atoms with Crippen LogP contribution in [0.1, 0.15) is 27.0 Å². The molecule has 0 aliphatic rings. The SMILES string of the molecule is Cc1cccc(NC(=O)/C=C/c2ccc(C(=O)N(C)C)cc2)c1C. The van der Waals surface area contributed by atoms with Crippen LogP contribution in [0.2, 0.25) is 0 Å². The van der Waals surface area contributed by atoms with Crippen molar-refractivity contribution in [3.8, 4) is 0 Å². The second kappa shape index (κ2) is 7.59. The van der Waals surface area contributed by atoms with Crippen LogP contribution in [-0.2, 0) is 4.79 Å². The van der Waals surface area contributed by atoms with Crippen LogP contribution in [0.5, 0.6) is 0 Å². The molecule has 0 aromatic heterocycles. The standard InChI is InChI=1S/C20H22N2O2/c1-14-6-5-7-18(15(14)2)21-19(23)13-10-16-8-11-17(12-9-16)20(24)22(3)4/h5-13H,1-4H3,(H,21,23)/b13-10+. The van der Waals surface area contributed by atoms with Crippen molar-refractivity contribution in [1.82, 2.24) is 4.90 Å². The van der Waals surface area contributed by atoms with Crippen LogP contribution in [0.25, 0.3) is 6.08 Å². The summed E-state index contributed by atoms with van der Waals surface area (Å²) in [7, 11) is 3.43. The molecule has 2 aromatic carbocycles. The number of carbonyl (C=O) groups is 2. The lowest BCUT2D eigenvalue weighted by atomic mass is 10.1. The molecule has 0 aliphatic heterocycles. The Labute approximate surface area is 142 Å². The quantitative estimate of drug-likeness (QED) is 0.873. The van der Waals surface area contributed by atoms with Crippen molar-refractivity contribution < 1.29 is 9.59 Å². The van der Waals surface area contributed by atoms with Crippen LogP contribution >= 0.6 is 0 Å². The van der Waals surface area contributed by atoms with Gasteiger partial charge in [0.1, 0.15) is 0 Å². The zero-order chi connectivity index (χ0) is 17.7. The zero-order valence-corrected chi connectivity index (χ0v) is 14.5. The van der Waals surface area contributed by atoms with E-state index in [0.29, 0.717) is 5.56 Å². The smallest absolute Gasteiger partial charge is 0.253 e. The monoisotopic (exact) mass is 322 g/mol. The van der Waals surface area contributed by atoms with Gasteiger partial charge >= 0.3 is 0 Å². The van der Waals surface area contributed by atoms with E-state index in [4.69, 9.17) is 0 Å². The highest BCUT2D eigenvalue weighted by atomic mass is 16.2. The van der Waals surface area contributed by atoms with Gasteiger partial charge in [-0.25, -0.2) is 0 Å². The molecule has 2 aromatic rings. The molecule has 0 unspecified atom stereocenters. The van der Waals surface area contributed by atoms with Crippen molar-refractivity contribution in [2.45, 2.75) is 13.8 Å². The highest BCUT2D eigenvalue weighted by molar-refractivity contribution is 6.02. The predicted molar refractivity (Wildman–Crippen MR) is 98.0 cm³/mol. The summed E-state index contributed by atoms with van der Waals surface area (Å²) in [5.41, 5.74) is 4.50. The molecule has 2 amide bonds. The van der Waals surface area contributed by atoms with Crippen LogP contribution in [0.4, 0.5) is 5.69 Å². The van der Waals surface area contributed by atoms with Crippen LogP contribution < -0.4 is 5.32 Å². The minimum absolute atomic E-state index is 0.0433. The van der Waals surface area contributed by atoms with Gasteiger partial charge in [0.2, 0.25) is 5.91 Å². The Balaban J connectivity index is 2.04. The molecular formula is C20H22N2O2. The van der Waals surface area contributed by atoms with Gasteiger partial charge in [-0.05, 0) is 54.8 Å². The third kappa shape index (κ3) is 4.32. The minimum Gasteiger partial charge on any atom is -0.345 e. The van der Waals surface area contributed by atoms with E-state index >= 15 is 0 Å². The van der Waals surface area contributed by atoms with E-state index < -0.39 is 0 Å². The maximum atomic E-state index is 12.1. The molecule has 0 radical (unpaired) electrons. The number of aryl methyl sites for hydroxylation is 1. The summed E-state index contributed by atoms with van der Waals surface area (Å²) in [6.45, 7) is 3.99. The molecule has 0 fully saturated rings. The summed E-state index contributed by atoms with van der Waals surface area (Å²) in [6.07, 6.45) is 3.22. The van der Waals surface area contributed by atoms with E-state index in [1.54, 1.807) is 32.3 Å². The number of carbonyl (C=O) groups excluding carboxylic acids is 2. The highest BCUT2D eigenvalue weighted by Crippen LogP contribution is 2.18. The summed E-state index contributed by atoms with van der Waals surface area (Å²) >= 11 is 0. The number of benzene rings is 2. The van der Waals surface area contributed by atoms with Crippen LogP contribution in [0.3, 0.4) is 0 Å². The normalized spacial score (nSPS) is 10.7. The fourth-order valence-corrected chi connectivity index (χ4v) is 2.23. The van der Waals surface area contributed by atoms with Crippen LogP contribution in [-0.4, -0.2) is 30.8 Å². The molecule has 0 bridgehead atoms. The first kappa shape index (κ1) is 17.5. The molecule has 0 heterocycles. The molecule has 0 atom stereocenters. The van der Waals surface area contributed by atoms with Gasteiger partial charge in [0.25, 0.3) is 5.91 Å². The summed E-state index contributed by atoms with van der Waals surface area (Å²) in [5.74, 6) is -0.227. The van der Waals surface area contributed by atoms with Crippen LogP contribution in [0.15, 0.2) is 48.5 Å². The van der Waals surface area contributed by atoms with Gasteiger partial charge in [-0.15, -0.1) is 0 Å². The lowest BCUT2D eigenvalue weighted by Gasteiger charge is -2.10. The summed E-state index contributed by atoms with van der Waals surface area (Å²) in [6, 6.07) is 13.0. The first-order valence-electron chi connectivity index (χ1n) is 7.75. The Hall–Kier alpha value is -2.88. The van der Waals surface area contributed by atoms with Crippen molar-refractivity contribution in [3.63, 3.8) is 0 Å². The molecule has 0 saturated heterocycles. The fourth-order valence-electron chi connectivity index (χ4n) is 2.23.